The number of nitrogens with one attached hydrogen (secondary N) is 1. The van der Waals surface area contributed by atoms with E-state index in [2.05, 4.69) is 5.32 Å². The minimum atomic E-state index is -1.14. The SMILES string of the molecule is COC1=CC(=O)N[C@@]1(OC)C(OC)c1ccccc1. The fourth-order valence-electron chi connectivity index (χ4n) is 2.34. The molecule has 0 aliphatic carbocycles. The van der Waals surface area contributed by atoms with Gasteiger partial charge in [-0.25, -0.2) is 0 Å². The van der Waals surface area contributed by atoms with Gasteiger partial charge in [-0.2, -0.15) is 0 Å². The molecular formula is C14H17NO4. The molecule has 1 aromatic rings. The molecule has 0 fully saturated rings. The third-order valence-corrected chi connectivity index (χ3v) is 3.19. The zero-order valence-corrected chi connectivity index (χ0v) is 11.2. The number of carbonyl (C=O) groups is 1. The van der Waals surface area contributed by atoms with Crippen LogP contribution in [0.25, 0.3) is 0 Å². The number of methoxy groups -OCH3 is 3. The van der Waals surface area contributed by atoms with Crippen molar-refractivity contribution < 1.29 is 19.0 Å². The van der Waals surface area contributed by atoms with Crippen LogP contribution in [0.5, 0.6) is 0 Å². The second-order valence-electron chi connectivity index (χ2n) is 4.17. The number of hydrogen-bond acceptors (Lipinski definition) is 4. The number of hydrogen-bond donors (Lipinski definition) is 1. The molecule has 2 rings (SSSR count). The first kappa shape index (κ1) is 13.6. The molecule has 1 unspecified atom stereocenters. The van der Waals surface area contributed by atoms with Crippen molar-refractivity contribution in [3.05, 3.63) is 47.7 Å². The lowest BCUT2D eigenvalue weighted by Crippen LogP contribution is -2.52. The molecule has 0 aromatic heterocycles. The summed E-state index contributed by atoms with van der Waals surface area (Å²) in [6, 6.07) is 9.53. The van der Waals surface area contributed by atoms with Crippen molar-refractivity contribution in [1.82, 2.24) is 5.32 Å². The maximum atomic E-state index is 11.6. The van der Waals surface area contributed by atoms with Crippen LogP contribution in [0.4, 0.5) is 0 Å². The molecule has 2 atom stereocenters. The molecule has 5 heteroatoms. The van der Waals surface area contributed by atoms with E-state index in [1.807, 2.05) is 30.3 Å². The monoisotopic (exact) mass is 263 g/mol. The summed E-state index contributed by atoms with van der Waals surface area (Å²) in [5.74, 6) is 0.132. The van der Waals surface area contributed by atoms with Crippen molar-refractivity contribution in [3.8, 4) is 0 Å². The van der Waals surface area contributed by atoms with E-state index in [0.717, 1.165) is 5.56 Å². The van der Waals surface area contributed by atoms with Gasteiger partial charge in [0.1, 0.15) is 6.10 Å². The van der Waals surface area contributed by atoms with Gasteiger partial charge in [-0.05, 0) is 5.56 Å². The third-order valence-electron chi connectivity index (χ3n) is 3.19. The Kier molecular flexibility index (Phi) is 3.87. The fourth-order valence-corrected chi connectivity index (χ4v) is 2.34. The summed E-state index contributed by atoms with van der Waals surface area (Å²) in [6.45, 7) is 0. The summed E-state index contributed by atoms with van der Waals surface area (Å²) in [5.41, 5.74) is -0.251. The maximum Gasteiger partial charge on any atom is 0.250 e. The number of carbonyl (C=O) groups excluding carboxylic acids is 1. The Hall–Kier alpha value is -1.85. The first-order valence-electron chi connectivity index (χ1n) is 5.89. The van der Waals surface area contributed by atoms with E-state index in [1.165, 1.54) is 20.3 Å². The lowest BCUT2D eigenvalue weighted by atomic mass is 9.97. The zero-order chi connectivity index (χ0) is 13.9. The summed E-state index contributed by atoms with van der Waals surface area (Å²) in [6.07, 6.45) is 0.870. The van der Waals surface area contributed by atoms with Crippen LogP contribution >= 0.6 is 0 Å². The third kappa shape index (κ3) is 2.22. The molecule has 0 bridgehead atoms. The van der Waals surface area contributed by atoms with Gasteiger partial charge in [0.2, 0.25) is 11.6 Å². The summed E-state index contributed by atoms with van der Waals surface area (Å²) in [5, 5.41) is 2.76. The number of amides is 1. The number of ether oxygens (including phenoxy) is 3. The van der Waals surface area contributed by atoms with E-state index >= 15 is 0 Å². The van der Waals surface area contributed by atoms with Crippen molar-refractivity contribution in [2.75, 3.05) is 21.3 Å². The molecule has 1 aromatic carbocycles. The quantitative estimate of drug-likeness (QED) is 0.872. The van der Waals surface area contributed by atoms with Crippen LogP contribution in [0.15, 0.2) is 42.2 Å². The van der Waals surface area contributed by atoms with E-state index in [0.29, 0.717) is 5.76 Å². The average molecular weight is 263 g/mol. The minimum absolute atomic E-state index is 0.267. The van der Waals surface area contributed by atoms with Gasteiger partial charge in [0, 0.05) is 20.3 Å². The van der Waals surface area contributed by atoms with Crippen molar-refractivity contribution in [1.29, 1.82) is 0 Å². The molecule has 1 N–H and O–H groups in total. The van der Waals surface area contributed by atoms with Crippen LogP contribution in [-0.2, 0) is 19.0 Å². The van der Waals surface area contributed by atoms with Gasteiger partial charge in [0.05, 0.1) is 7.11 Å². The second kappa shape index (κ2) is 5.42. The van der Waals surface area contributed by atoms with Crippen molar-refractivity contribution >= 4 is 5.91 Å². The number of rotatable bonds is 5. The van der Waals surface area contributed by atoms with Crippen LogP contribution in [0.1, 0.15) is 11.7 Å². The second-order valence-corrected chi connectivity index (χ2v) is 4.17. The lowest BCUT2D eigenvalue weighted by Gasteiger charge is -2.36. The Morgan fingerprint density at radius 2 is 1.84 bits per heavy atom. The predicted octanol–water partition coefficient (Wildman–Crippen LogP) is 1.38. The number of benzene rings is 1. The Labute approximate surface area is 112 Å². The first-order chi connectivity index (χ1) is 9.17. The normalized spacial score (nSPS) is 23.7. The topological polar surface area (TPSA) is 56.8 Å². The van der Waals surface area contributed by atoms with Gasteiger partial charge in [0.25, 0.3) is 0 Å². The molecule has 5 nitrogen and oxygen atoms in total. The maximum absolute atomic E-state index is 11.6. The highest BCUT2D eigenvalue weighted by Gasteiger charge is 2.50. The smallest absolute Gasteiger partial charge is 0.250 e. The van der Waals surface area contributed by atoms with E-state index in [1.54, 1.807) is 7.11 Å². The zero-order valence-electron chi connectivity index (χ0n) is 11.2. The molecule has 0 spiro atoms. The minimum Gasteiger partial charge on any atom is -0.496 e. The molecule has 19 heavy (non-hydrogen) atoms. The molecule has 102 valence electrons. The standard InChI is InChI=1S/C14H17NO4/c1-17-11-9-12(16)15-14(11,19-3)13(18-2)10-7-5-4-6-8-10/h4-9,13H,1-3H3,(H,15,16)/t13?,14-/m0/s1. The fraction of sp³-hybridized carbons (Fsp3) is 0.357. The van der Waals surface area contributed by atoms with Gasteiger partial charge >= 0.3 is 0 Å². The average Bonchev–Trinajstić information content (AvgIpc) is 2.78. The summed E-state index contributed by atoms with van der Waals surface area (Å²) >= 11 is 0. The van der Waals surface area contributed by atoms with Crippen molar-refractivity contribution in [2.24, 2.45) is 0 Å². The Morgan fingerprint density at radius 1 is 1.16 bits per heavy atom. The molecule has 0 saturated heterocycles. The van der Waals surface area contributed by atoms with Crippen molar-refractivity contribution in [3.63, 3.8) is 0 Å². The summed E-state index contributed by atoms with van der Waals surface area (Å²) in [4.78, 5) is 11.6. The molecule has 1 amide bonds. The molecule has 1 heterocycles. The van der Waals surface area contributed by atoms with Crippen LogP contribution in [-0.4, -0.2) is 33.0 Å². The van der Waals surface area contributed by atoms with E-state index in [4.69, 9.17) is 14.2 Å². The molecular weight excluding hydrogens is 246 g/mol. The summed E-state index contributed by atoms with van der Waals surface area (Å²) < 4.78 is 16.3. The lowest BCUT2D eigenvalue weighted by molar-refractivity contribution is -0.145. The molecule has 1 aliphatic rings. The first-order valence-corrected chi connectivity index (χ1v) is 5.89. The largest absolute Gasteiger partial charge is 0.496 e. The van der Waals surface area contributed by atoms with Crippen LogP contribution < -0.4 is 5.32 Å². The molecule has 0 saturated carbocycles. The van der Waals surface area contributed by atoms with Crippen LogP contribution in [0.3, 0.4) is 0 Å². The Bertz CT molecular complexity index is 485. The predicted molar refractivity (Wildman–Crippen MR) is 69.2 cm³/mol. The highest BCUT2D eigenvalue weighted by Crippen LogP contribution is 2.38. The Morgan fingerprint density at radius 3 is 2.37 bits per heavy atom. The highest BCUT2D eigenvalue weighted by molar-refractivity contribution is 5.92. The van der Waals surface area contributed by atoms with E-state index < -0.39 is 11.8 Å². The highest BCUT2D eigenvalue weighted by atomic mass is 16.6. The molecule has 1 aliphatic heterocycles. The summed E-state index contributed by atoms with van der Waals surface area (Å²) in [7, 11) is 4.57. The van der Waals surface area contributed by atoms with Gasteiger partial charge in [-0.1, -0.05) is 30.3 Å². The van der Waals surface area contributed by atoms with Crippen molar-refractivity contribution in [2.45, 2.75) is 11.8 Å². The van der Waals surface area contributed by atoms with Gasteiger partial charge in [0.15, 0.2) is 5.76 Å². The van der Waals surface area contributed by atoms with Gasteiger partial charge < -0.3 is 19.5 Å². The van der Waals surface area contributed by atoms with Crippen LogP contribution in [0, 0.1) is 0 Å². The van der Waals surface area contributed by atoms with E-state index in [-0.39, 0.29) is 5.91 Å². The Balaban J connectivity index is 2.45. The molecule has 0 radical (unpaired) electrons. The van der Waals surface area contributed by atoms with E-state index in [9.17, 15) is 4.79 Å². The van der Waals surface area contributed by atoms with Crippen LogP contribution in [0.2, 0.25) is 0 Å². The van der Waals surface area contributed by atoms with Gasteiger partial charge in [-0.3, -0.25) is 4.79 Å². The van der Waals surface area contributed by atoms with Gasteiger partial charge in [-0.15, -0.1) is 0 Å².